The van der Waals surface area contributed by atoms with Crippen LogP contribution in [0.15, 0.2) is 18.3 Å². The first kappa shape index (κ1) is 13.8. The summed E-state index contributed by atoms with van der Waals surface area (Å²) in [5, 5.41) is 3.21. The zero-order valence-corrected chi connectivity index (χ0v) is 11.9. The van der Waals surface area contributed by atoms with E-state index in [1.54, 1.807) is 6.20 Å². The summed E-state index contributed by atoms with van der Waals surface area (Å²) in [5.74, 6) is 0.0281. The number of likely N-dealkylation sites (N-methyl/N-ethyl adjacent to an activating group) is 1. The molecule has 1 N–H and O–H groups in total. The molecule has 5 heteroatoms. The molecule has 1 amide bonds. The Hall–Kier alpha value is -1.62. The number of piperazine rings is 1. The second-order valence-corrected chi connectivity index (χ2v) is 5.07. The first-order valence-corrected chi connectivity index (χ1v) is 6.81. The van der Waals surface area contributed by atoms with Gasteiger partial charge in [0, 0.05) is 44.1 Å². The van der Waals surface area contributed by atoms with Gasteiger partial charge in [-0.15, -0.1) is 0 Å². The van der Waals surface area contributed by atoms with Crippen molar-refractivity contribution in [3.05, 3.63) is 24.0 Å². The lowest BCUT2D eigenvalue weighted by Gasteiger charge is -2.38. The number of carbonyl (C=O) groups is 1. The third kappa shape index (κ3) is 3.23. The molecule has 1 aromatic heterocycles. The highest BCUT2D eigenvalue weighted by molar-refractivity contribution is 5.93. The van der Waals surface area contributed by atoms with Gasteiger partial charge in [0.2, 0.25) is 0 Å². The van der Waals surface area contributed by atoms with Crippen LogP contribution >= 0.6 is 0 Å². The summed E-state index contributed by atoms with van der Waals surface area (Å²) in [6.45, 7) is 7.56. The lowest BCUT2D eigenvalue weighted by molar-refractivity contribution is 0.0528. The molecule has 1 aliphatic rings. The van der Waals surface area contributed by atoms with Gasteiger partial charge in [0.15, 0.2) is 0 Å². The average molecular weight is 262 g/mol. The number of hydrogen-bond acceptors (Lipinski definition) is 4. The van der Waals surface area contributed by atoms with Crippen molar-refractivity contribution in [2.24, 2.45) is 0 Å². The lowest BCUT2D eigenvalue weighted by Crippen LogP contribution is -2.52. The van der Waals surface area contributed by atoms with Gasteiger partial charge in [0.1, 0.15) is 5.69 Å². The molecule has 1 fully saturated rings. The van der Waals surface area contributed by atoms with E-state index in [9.17, 15) is 4.79 Å². The van der Waals surface area contributed by atoms with E-state index >= 15 is 0 Å². The second-order valence-electron chi connectivity index (χ2n) is 5.07. The standard InChI is InChI=1S/C14H22N4O/c1-4-15-12-5-6-16-13(9-12)14(19)18-8-7-17(3)10-11(18)2/h5-6,9,11H,4,7-8,10H2,1-3H3,(H,15,16). The summed E-state index contributed by atoms with van der Waals surface area (Å²) >= 11 is 0. The monoisotopic (exact) mass is 262 g/mol. The van der Waals surface area contributed by atoms with Crippen molar-refractivity contribution in [2.75, 3.05) is 38.5 Å². The van der Waals surface area contributed by atoms with Crippen LogP contribution in [-0.2, 0) is 0 Å². The Morgan fingerprint density at radius 3 is 3.00 bits per heavy atom. The molecule has 0 bridgehead atoms. The van der Waals surface area contributed by atoms with Crippen LogP contribution in [0.1, 0.15) is 24.3 Å². The van der Waals surface area contributed by atoms with Gasteiger partial charge in [-0.3, -0.25) is 9.78 Å². The Kier molecular flexibility index (Phi) is 4.37. The van der Waals surface area contributed by atoms with E-state index < -0.39 is 0 Å². The van der Waals surface area contributed by atoms with Gasteiger partial charge in [-0.2, -0.15) is 0 Å². The first-order valence-electron chi connectivity index (χ1n) is 6.81. The largest absolute Gasteiger partial charge is 0.385 e. The molecule has 1 saturated heterocycles. The maximum Gasteiger partial charge on any atom is 0.272 e. The van der Waals surface area contributed by atoms with Crippen molar-refractivity contribution in [1.29, 1.82) is 0 Å². The van der Waals surface area contributed by atoms with Gasteiger partial charge < -0.3 is 15.1 Å². The maximum atomic E-state index is 12.5. The zero-order chi connectivity index (χ0) is 13.8. The van der Waals surface area contributed by atoms with Crippen LogP contribution in [0.2, 0.25) is 0 Å². The van der Waals surface area contributed by atoms with Crippen molar-refractivity contribution in [3.63, 3.8) is 0 Å². The van der Waals surface area contributed by atoms with E-state index in [1.807, 2.05) is 24.0 Å². The van der Waals surface area contributed by atoms with E-state index in [4.69, 9.17) is 0 Å². The number of nitrogens with one attached hydrogen (secondary N) is 1. The normalized spacial score (nSPS) is 20.4. The quantitative estimate of drug-likeness (QED) is 0.891. The first-order chi connectivity index (χ1) is 9.11. The van der Waals surface area contributed by atoms with Gasteiger partial charge in [-0.1, -0.05) is 0 Å². The Balaban J connectivity index is 2.12. The molecular weight excluding hydrogens is 240 g/mol. The minimum atomic E-state index is 0.0281. The van der Waals surface area contributed by atoms with Crippen LogP contribution in [0.25, 0.3) is 0 Å². The summed E-state index contributed by atoms with van der Waals surface area (Å²) in [5.41, 5.74) is 1.47. The molecule has 0 saturated carbocycles. The minimum absolute atomic E-state index is 0.0281. The van der Waals surface area contributed by atoms with Crippen molar-refractivity contribution in [2.45, 2.75) is 19.9 Å². The highest BCUT2D eigenvalue weighted by Crippen LogP contribution is 2.14. The number of hydrogen-bond donors (Lipinski definition) is 1. The van der Waals surface area contributed by atoms with Crippen LogP contribution in [0.4, 0.5) is 5.69 Å². The number of pyridine rings is 1. The molecule has 0 spiro atoms. The van der Waals surface area contributed by atoms with Crippen LogP contribution in [0.5, 0.6) is 0 Å². The SMILES string of the molecule is CCNc1ccnc(C(=O)N2CCN(C)CC2C)c1. The molecule has 2 rings (SSSR count). The molecule has 104 valence electrons. The summed E-state index contributed by atoms with van der Waals surface area (Å²) in [4.78, 5) is 20.9. The van der Waals surface area contributed by atoms with E-state index in [2.05, 4.69) is 29.2 Å². The number of rotatable bonds is 3. The Morgan fingerprint density at radius 1 is 1.53 bits per heavy atom. The van der Waals surface area contributed by atoms with Crippen molar-refractivity contribution >= 4 is 11.6 Å². The summed E-state index contributed by atoms with van der Waals surface area (Å²) < 4.78 is 0. The number of carbonyl (C=O) groups excluding carboxylic acids is 1. The predicted molar refractivity (Wildman–Crippen MR) is 76.4 cm³/mol. The fourth-order valence-corrected chi connectivity index (χ4v) is 2.45. The molecule has 0 aromatic carbocycles. The molecule has 2 heterocycles. The molecule has 0 aliphatic carbocycles. The molecule has 19 heavy (non-hydrogen) atoms. The van der Waals surface area contributed by atoms with Crippen LogP contribution in [0.3, 0.4) is 0 Å². The van der Waals surface area contributed by atoms with Gasteiger partial charge in [0.25, 0.3) is 5.91 Å². The van der Waals surface area contributed by atoms with E-state index in [-0.39, 0.29) is 11.9 Å². The molecule has 1 atom stereocenters. The molecule has 1 aliphatic heterocycles. The molecular formula is C14H22N4O. The van der Waals surface area contributed by atoms with Gasteiger partial charge >= 0.3 is 0 Å². The Labute approximate surface area is 114 Å². The fraction of sp³-hybridized carbons (Fsp3) is 0.571. The molecule has 1 unspecified atom stereocenters. The van der Waals surface area contributed by atoms with Crippen molar-refractivity contribution in [1.82, 2.24) is 14.8 Å². The lowest BCUT2D eigenvalue weighted by atomic mass is 10.1. The van der Waals surface area contributed by atoms with Crippen LogP contribution in [-0.4, -0.2) is 60.0 Å². The fourth-order valence-electron chi connectivity index (χ4n) is 2.45. The Morgan fingerprint density at radius 2 is 2.32 bits per heavy atom. The summed E-state index contributed by atoms with van der Waals surface area (Å²) in [6.07, 6.45) is 1.69. The topological polar surface area (TPSA) is 48.5 Å². The maximum absolute atomic E-state index is 12.5. The Bertz CT molecular complexity index is 449. The zero-order valence-electron chi connectivity index (χ0n) is 11.9. The minimum Gasteiger partial charge on any atom is -0.385 e. The second kappa shape index (κ2) is 6.02. The summed E-state index contributed by atoms with van der Waals surface area (Å²) in [6, 6.07) is 3.95. The van der Waals surface area contributed by atoms with E-state index in [0.29, 0.717) is 5.69 Å². The number of nitrogens with zero attached hydrogens (tertiary/aromatic N) is 3. The van der Waals surface area contributed by atoms with Crippen molar-refractivity contribution in [3.8, 4) is 0 Å². The van der Waals surface area contributed by atoms with Crippen molar-refractivity contribution < 1.29 is 4.79 Å². The highest BCUT2D eigenvalue weighted by Gasteiger charge is 2.27. The number of anilines is 1. The number of amides is 1. The third-order valence-electron chi connectivity index (χ3n) is 3.45. The highest BCUT2D eigenvalue weighted by atomic mass is 16.2. The molecule has 1 aromatic rings. The molecule has 0 radical (unpaired) electrons. The van der Waals surface area contributed by atoms with Crippen LogP contribution in [0, 0.1) is 0 Å². The average Bonchev–Trinajstić information content (AvgIpc) is 2.39. The molecule has 5 nitrogen and oxygen atoms in total. The summed E-state index contributed by atoms with van der Waals surface area (Å²) in [7, 11) is 2.09. The third-order valence-corrected chi connectivity index (χ3v) is 3.45. The number of aromatic nitrogens is 1. The van der Waals surface area contributed by atoms with E-state index in [0.717, 1.165) is 31.9 Å². The smallest absolute Gasteiger partial charge is 0.272 e. The van der Waals surface area contributed by atoms with E-state index in [1.165, 1.54) is 0 Å². The predicted octanol–water partition coefficient (Wildman–Crippen LogP) is 1.29. The van der Waals surface area contributed by atoms with Gasteiger partial charge in [0.05, 0.1) is 0 Å². The van der Waals surface area contributed by atoms with Crippen LogP contribution < -0.4 is 5.32 Å². The van der Waals surface area contributed by atoms with Gasteiger partial charge in [-0.05, 0) is 33.0 Å². The van der Waals surface area contributed by atoms with Gasteiger partial charge in [-0.25, -0.2) is 0 Å².